The normalized spacial score (nSPS) is 10.5. The third kappa shape index (κ3) is 8.55. The molecule has 0 aliphatic heterocycles. The summed E-state index contributed by atoms with van der Waals surface area (Å²) in [5.74, 6) is 0. The zero-order chi connectivity index (χ0) is 14.7. The van der Waals surface area contributed by atoms with E-state index >= 15 is 0 Å². The Morgan fingerprint density at radius 1 is 1.05 bits per heavy atom. The number of rotatable bonds is 6. The van der Waals surface area contributed by atoms with E-state index in [0.717, 1.165) is 11.8 Å². The molecule has 0 bridgehead atoms. The van der Waals surface area contributed by atoms with Gasteiger partial charge in [0.25, 0.3) is 0 Å². The lowest BCUT2D eigenvalue weighted by molar-refractivity contribution is 0.112. The number of unbranched alkanes of at least 4 members (excludes halogenated alkanes) is 1. The van der Waals surface area contributed by atoms with Crippen molar-refractivity contribution in [1.29, 1.82) is 0 Å². The van der Waals surface area contributed by atoms with Gasteiger partial charge in [-0.25, -0.2) is 0 Å². The lowest BCUT2D eigenvalue weighted by Gasteiger charge is -2.30. The van der Waals surface area contributed by atoms with Crippen LogP contribution in [-0.2, 0) is 0 Å². The first-order valence-electron chi connectivity index (χ1n) is 7.28. The number of benzene rings is 1. The van der Waals surface area contributed by atoms with Crippen molar-refractivity contribution < 1.29 is 4.79 Å². The molecule has 0 aromatic heterocycles. The van der Waals surface area contributed by atoms with E-state index in [0.29, 0.717) is 12.1 Å². The van der Waals surface area contributed by atoms with Crippen LogP contribution in [0.5, 0.6) is 0 Å². The SMILES string of the molecule is CCCCN(C(C)C)C(C)C.O=Cc1ccccc1. The number of hydrogen-bond donors (Lipinski definition) is 0. The van der Waals surface area contributed by atoms with Gasteiger partial charge in [0, 0.05) is 17.6 Å². The van der Waals surface area contributed by atoms with Crippen molar-refractivity contribution in [3.05, 3.63) is 35.9 Å². The average Bonchev–Trinajstić information content (AvgIpc) is 2.40. The summed E-state index contributed by atoms with van der Waals surface area (Å²) < 4.78 is 0. The molecule has 0 atom stereocenters. The van der Waals surface area contributed by atoms with E-state index in [1.165, 1.54) is 19.4 Å². The van der Waals surface area contributed by atoms with Gasteiger partial charge in [0.1, 0.15) is 6.29 Å². The molecule has 0 aliphatic carbocycles. The number of aldehydes is 1. The maximum Gasteiger partial charge on any atom is 0.150 e. The van der Waals surface area contributed by atoms with E-state index in [9.17, 15) is 4.79 Å². The Kier molecular flexibility index (Phi) is 10.1. The molecule has 1 aromatic rings. The Morgan fingerprint density at radius 3 is 1.89 bits per heavy atom. The Bertz CT molecular complexity index is 311. The van der Waals surface area contributed by atoms with Gasteiger partial charge in [-0.2, -0.15) is 0 Å². The highest BCUT2D eigenvalue weighted by atomic mass is 16.1. The summed E-state index contributed by atoms with van der Waals surface area (Å²) in [5.41, 5.74) is 0.729. The highest BCUT2D eigenvalue weighted by Gasteiger charge is 2.11. The molecule has 0 aliphatic rings. The molecule has 0 amide bonds. The minimum absolute atomic E-state index is 0.696. The fourth-order valence-corrected chi connectivity index (χ4v) is 1.98. The van der Waals surface area contributed by atoms with Gasteiger partial charge < -0.3 is 0 Å². The highest BCUT2D eigenvalue weighted by molar-refractivity contribution is 5.74. The van der Waals surface area contributed by atoms with Crippen LogP contribution in [0.3, 0.4) is 0 Å². The smallest absolute Gasteiger partial charge is 0.150 e. The van der Waals surface area contributed by atoms with Gasteiger partial charge in [0.2, 0.25) is 0 Å². The van der Waals surface area contributed by atoms with Crippen molar-refractivity contribution in [3.8, 4) is 0 Å². The first-order chi connectivity index (χ1) is 9.02. The molecule has 1 aromatic carbocycles. The van der Waals surface area contributed by atoms with Crippen molar-refractivity contribution in [1.82, 2.24) is 4.90 Å². The van der Waals surface area contributed by atoms with Crippen LogP contribution in [0.15, 0.2) is 30.3 Å². The number of carbonyl (C=O) groups is 1. The third-order valence-electron chi connectivity index (χ3n) is 3.03. The maximum atomic E-state index is 10.0. The second-order valence-corrected chi connectivity index (χ2v) is 5.31. The quantitative estimate of drug-likeness (QED) is 0.709. The summed E-state index contributed by atoms with van der Waals surface area (Å²) >= 11 is 0. The second kappa shape index (κ2) is 10.7. The Labute approximate surface area is 118 Å². The maximum absolute atomic E-state index is 10.0. The van der Waals surface area contributed by atoms with Gasteiger partial charge >= 0.3 is 0 Å². The lowest BCUT2D eigenvalue weighted by atomic mass is 10.2. The summed E-state index contributed by atoms with van der Waals surface area (Å²) in [7, 11) is 0. The topological polar surface area (TPSA) is 20.3 Å². The first kappa shape index (κ1) is 17.8. The van der Waals surface area contributed by atoms with Crippen LogP contribution in [0.4, 0.5) is 0 Å². The molecular weight excluding hydrogens is 234 g/mol. The Morgan fingerprint density at radius 2 is 1.58 bits per heavy atom. The van der Waals surface area contributed by atoms with Crippen LogP contribution < -0.4 is 0 Å². The molecule has 2 nitrogen and oxygen atoms in total. The van der Waals surface area contributed by atoms with E-state index in [-0.39, 0.29) is 0 Å². The van der Waals surface area contributed by atoms with E-state index < -0.39 is 0 Å². The van der Waals surface area contributed by atoms with E-state index in [4.69, 9.17) is 0 Å². The Hall–Kier alpha value is -1.15. The average molecular weight is 263 g/mol. The number of hydrogen-bond acceptors (Lipinski definition) is 2. The van der Waals surface area contributed by atoms with Gasteiger partial charge in [-0.1, -0.05) is 43.7 Å². The molecular formula is C17H29NO. The van der Waals surface area contributed by atoms with Crippen LogP contribution >= 0.6 is 0 Å². The summed E-state index contributed by atoms with van der Waals surface area (Å²) in [5, 5.41) is 0. The summed E-state index contributed by atoms with van der Waals surface area (Å²) in [6.45, 7) is 12.6. The first-order valence-corrected chi connectivity index (χ1v) is 7.28. The predicted octanol–water partition coefficient (Wildman–Crippen LogP) is 4.40. The molecule has 0 N–H and O–H groups in total. The molecule has 1 rings (SSSR count). The number of carbonyl (C=O) groups excluding carboxylic acids is 1. The van der Waals surface area contributed by atoms with E-state index in [2.05, 4.69) is 39.5 Å². The largest absolute Gasteiger partial charge is 0.299 e. The summed E-state index contributed by atoms with van der Waals surface area (Å²) in [6.07, 6.45) is 3.46. The van der Waals surface area contributed by atoms with Gasteiger partial charge in [-0.15, -0.1) is 0 Å². The van der Waals surface area contributed by atoms with Crippen LogP contribution in [-0.4, -0.2) is 29.8 Å². The van der Waals surface area contributed by atoms with Gasteiger partial charge in [-0.3, -0.25) is 9.69 Å². The van der Waals surface area contributed by atoms with Gasteiger partial charge in [0.15, 0.2) is 0 Å². The highest BCUT2D eigenvalue weighted by Crippen LogP contribution is 2.06. The minimum atomic E-state index is 0.696. The summed E-state index contributed by atoms with van der Waals surface area (Å²) in [6, 6.07) is 10.5. The van der Waals surface area contributed by atoms with Crippen molar-refractivity contribution >= 4 is 6.29 Å². The molecule has 0 heterocycles. The van der Waals surface area contributed by atoms with Crippen LogP contribution in [0.1, 0.15) is 57.8 Å². The van der Waals surface area contributed by atoms with Crippen molar-refractivity contribution in [2.75, 3.05) is 6.54 Å². The monoisotopic (exact) mass is 263 g/mol. The molecule has 2 heteroatoms. The van der Waals surface area contributed by atoms with Gasteiger partial charge in [-0.05, 0) is 40.7 Å². The molecule has 19 heavy (non-hydrogen) atoms. The zero-order valence-electron chi connectivity index (χ0n) is 13.1. The standard InChI is InChI=1S/C10H23N.C7H6O/c1-6-7-8-11(9(2)3)10(4)5;8-6-7-4-2-1-3-5-7/h9-10H,6-8H2,1-5H3;1-6H. The third-order valence-corrected chi connectivity index (χ3v) is 3.03. The lowest BCUT2D eigenvalue weighted by Crippen LogP contribution is -2.37. The predicted molar refractivity (Wildman–Crippen MR) is 83.7 cm³/mol. The molecule has 0 saturated heterocycles. The molecule has 108 valence electrons. The fraction of sp³-hybridized carbons (Fsp3) is 0.588. The van der Waals surface area contributed by atoms with Crippen molar-refractivity contribution in [3.63, 3.8) is 0 Å². The molecule has 0 unspecified atom stereocenters. The number of nitrogens with zero attached hydrogens (tertiary/aromatic N) is 1. The molecule has 0 spiro atoms. The van der Waals surface area contributed by atoms with Crippen LogP contribution in [0.2, 0.25) is 0 Å². The fourth-order valence-electron chi connectivity index (χ4n) is 1.98. The Balaban J connectivity index is 0.000000356. The second-order valence-electron chi connectivity index (χ2n) is 5.31. The molecule has 0 fully saturated rings. The van der Waals surface area contributed by atoms with E-state index in [1.54, 1.807) is 12.1 Å². The molecule has 0 radical (unpaired) electrons. The summed E-state index contributed by atoms with van der Waals surface area (Å²) in [4.78, 5) is 12.6. The van der Waals surface area contributed by atoms with E-state index in [1.807, 2.05) is 18.2 Å². The zero-order valence-corrected chi connectivity index (χ0v) is 13.1. The van der Waals surface area contributed by atoms with Crippen molar-refractivity contribution in [2.45, 2.75) is 59.5 Å². The molecule has 0 saturated carbocycles. The van der Waals surface area contributed by atoms with Gasteiger partial charge in [0.05, 0.1) is 0 Å². The minimum Gasteiger partial charge on any atom is -0.299 e. The van der Waals surface area contributed by atoms with Crippen LogP contribution in [0, 0.1) is 0 Å². The van der Waals surface area contributed by atoms with Crippen molar-refractivity contribution in [2.24, 2.45) is 0 Å². The van der Waals surface area contributed by atoms with Crippen LogP contribution in [0.25, 0.3) is 0 Å².